The fourth-order valence-corrected chi connectivity index (χ4v) is 10.1. The molecule has 0 saturated carbocycles. The normalized spacial score (nSPS) is 13.8. The van der Waals surface area contributed by atoms with Gasteiger partial charge < -0.3 is 25.7 Å². The average molecular weight is 1000 g/mol. The van der Waals surface area contributed by atoms with Crippen LogP contribution in [0.4, 0.5) is 0 Å². The highest BCUT2D eigenvalue weighted by molar-refractivity contribution is 5.80. The summed E-state index contributed by atoms with van der Waals surface area (Å²) >= 11 is 0. The highest BCUT2D eigenvalue weighted by Crippen LogP contribution is 2.18. The van der Waals surface area contributed by atoms with E-state index in [9.17, 15) is 25.2 Å². The van der Waals surface area contributed by atoms with Crippen LogP contribution in [0.3, 0.4) is 0 Å². The molecule has 0 rings (SSSR count). The number of carbonyl (C=O) groups excluding carboxylic acids is 1. The van der Waals surface area contributed by atoms with Gasteiger partial charge in [-0.3, -0.25) is 4.79 Å². The van der Waals surface area contributed by atoms with Gasteiger partial charge in [0.05, 0.1) is 18.8 Å². The van der Waals surface area contributed by atoms with Gasteiger partial charge in [-0.25, -0.2) is 0 Å². The number of aliphatic hydroxyl groups excluding tert-OH is 4. The Hall–Kier alpha value is -1.47. The van der Waals surface area contributed by atoms with E-state index in [1.807, 2.05) is 0 Å². The minimum Gasteiger partial charge on any atom is -0.394 e. The van der Waals surface area contributed by atoms with Crippen molar-refractivity contribution in [3.05, 3.63) is 36.5 Å². The van der Waals surface area contributed by atoms with Crippen molar-refractivity contribution in [2.24, 2.45) is 0 Å². The van der Waals surface area contributed by atoms with Crippen molar-refractivity contribution in [2.45, 2.75) is 366 Å². The summed E-state index contributed by atoms with van der Waals surface area (Å²) in [5.74, 6) is -0.593. The summed E-state index contributed by atoms with van der Waals surface area (Å²) in [5.41, 5.74) is 0. The number of amides is 1. The van der Waals surface area contributed by atoms with Crippen LogP contribution in [0.1, 0.15) is 341 Å². The number of allylic oxidation sites excluding steroid dienone is 6. The highest BCUT2D eigenvalue weighted by Gasteiger charge is 2.28. The third-order valence-corrected chi connectivity index (χ3v) is 15.1. The Morgan fingerprint density at radius 3 is 0.887 bits per heavy atom. The van der Waals surface area contributed by atoms with Gasteiger partial charge in [-0.1, -0.05) is 314 Å². The van der Waals surface area contributed by atoms with Crippen molar-refractivity contribution in [2.75, 3.05) is 6.61 Å². The first kappa shape index (κ1) is 69.5. The third-order valence-electron chi connectivity index (χ3n) is 15.1. The van der Waals surface area contributed by atoms with Crippen molar-refractivity contribution >= 4 is 5.91 Å². The molecule has 420 valence electrons. The fraction of sp³-hybridized carbons (Fsp3) is 0.892. The molecule has 5 N–H and O–H groups in total. The van der Waals surface area contributed by atoms with Crippen molar-refractivity contribution < 1.29 is 25.2 Å². The summed E-state index contributed by atoms with van der Waals surface area (Å²) in [6.07, 6.45) is 75.3. The van der Waals surface area contributed by atoms with E-state index in [2.05, 4.69) is 55.6 Å². The summed E-state index contributed by atoms with van der Waals surface area (Å²) in [6, 6.07) is -1.01. The van der Waals surface area contributed by atoms with Crippen LogP contribution in [0, 0.1) is 0 Å². The van der Waals surface area contributed by atoms with Crippen LogP contribution < -0.4 is 5.32 Å². The standard InChI is InChI=1S/C65H125NO5/c1-3-5-7-9-11-13-15-17-19-21-23-25-27-28-29-30-31-32-33-34-35-37-39-41-43-45-47-49-51-53-55-57-59-63(69)65(71)66-61(60-67)64(70)62(68)58-56-54-52-50-48-46-44-42-40-38-36-26-24-22-20-18-16-14-12-10-8-6-4-2/h26,36,42,44,50,52,61-64,67-70H,3-25,27-35,37-41,43,45-49,51,53-60H2,1-2H3,(H,66,71)/b36-26+,44-42+,52-50+. The molecule has 0 aliphatic rings. The summed E-state index contributed by atoms with van der Waals surface area (Å²) < 4.78 is 0. The van der Waals surface area contributed by atoms with Crippen LogP contribution in [0.25, 0.3) is 0 Å². The van der Waals surface area contributed by atoms with Crippen molar-refractivity contribution in [1.82, 2.24) is 5.32 Å². The Kier molecular flexibility index (Phi) is 58.2. The van der Waals surface area contributed by atoms with Crippen LogP contribution >= 0.6 is 0 Å². The first-order valence-electron chi connectivity index (χ1n) is 31.9. The van der Waals surface area contributed by atoms with E-state index in [-0.39, 0.29) is 0 Å². The summed E-state index contributed by atoms with van der Waals surface area (Å²) in [7, 11) is 0. The molecule has 71 heavy (non-hydrogen) atoms. The molecular weight excluding hydrogens is 875 g/mol. The van der Waals surface area contributed by atoms with Gasteiger partial charge in [0.25, 0.3) is 0 Å². The van der Waals surface area contributed by atoms with Gasteiger partial charge in [-0.15, -0.1) is 0 Å². The molecule has 0 heterocycles. The molecule has 0 fully saturated rings. The minimum atomic E-state index is -1.29. The Bertz CT molecular complexity index is 1120. The van der Waals surface area contributed by atoms with Gasteiger partial charge in [0, 0.05) is 0 Å². The molecule has 1 amide bonds. The lowest BCUT2D eigenvalue weighted by atomic mass is 10.00. The second-order valence-electron chi connectivity index (χ2n) is 22.1. The molecule has 4 unspecified atom stereocenters. The van der Waals surface area contributed by atoms with Crippen molar-refractivity contribution in [3.8, 4) is 0 Å². The van der Waals surface area contributed by atoms with Crippen LogP contribution in [0.5, 0.6) is 0 Å². The first-order valence-corrected chi connectivity index (χ1v) is 31.9. The third kappa shape index (κ3) is 53.2. The molecule has 0 aromatic heterocycles. The van der Waals surface area contributed by atoms with Gasteiger partial charge in [-0.05, 0) is 64.2 Å². The molecule has 0 radical (unpaired) electrons. The van der Waals surface area contributed by atoms with Crippen molar-refractivity contribution in [1.29, 1.82) is 0 Å². The van der Waals surface area contributed by atoms with Crippen LogP contribution in [-0.2, 0) is 4.79 Å². The molecule has 0 aromatic rings. The van der Waals surface area contributed by atoms with E-state index in [0.29, 0.717) is 19.3 Å². The molecule has 4 atom stereocenters. The maximum atomic E-state index is 12.6. The van der Waals surface area contributed by atoms with Gasteiger partial charge in [0.2, 0.25) is 5.91 Å². The molecule has 0 spiro atoms. The molecule has 0 aliphatic carbocycles. The Balaban J connectivity index is 3.60. The monoisotopic (exact) mass is 1000 g/mol. The lowest BCUT2D eigenvalue weighted by molar-refractivity contribution is -0.132. The van der Waals surface area contributed by atoms with E-state index < -0.39 is 36.9 Å². The van der Waals surface area contributed by atoms with Crippen LogP contribution in [0.2, 0.25) is 0 Å². The molecule has 6 heteroatoms. The van der Waals surface area contributed by atoms with E-state index in [1.54, 1.807) is 0 Å². The van der Waals surface area contributed by atoms with E-state index in [0.717, 1.165) is 51.4 Å². The van der Waals surface area contributed by atoms with Crippen LogP contribution in [0.15, 0.2) is 36.5 Å². The number of carbonyl (C=O) groups is 1. The summed E-state index contributed by atoms with van der Waals surface area (Å²) in [6.45, 7) is 4.08. The van der Waals surface area contributed by atoms with E-state index in [4.69, 9.17) is 0 Å². The predicted octanol–water partition coefficient (Wildman–Crippen LogP) is 19.1. The summed E-state index contributed by atoms with van der Waals surface area (Å²) in [4.78, 5) is 12.6. The molecule has 0 aliphatic heterocycles. The smallest absolute Gasteiger partial charge is 0.249 e. The maximum absolute atomic E-state index is 12.6. The van der Waals surface area contributed by atoms with E-state index in [1.165, 1.54) is 257 Å². The predicted molar refractivity (Wildman–Crippen MR) is 311 cm³/mol. The maximum Gasteiger partial charge on any atom is 0.249 e. The summed E-state index contributed by atoms with van der Waals surface area (Å²) in [5, 5.41) is 44.1. The molecular formula is C65H125NO5. The van der Waals surface area contributed by atoms with Gasteiger partial charge in [0.15, 0.2) is 0 Å². The molecule has 6 nitrogen and oxygen atoms in total. The lowest BCUT2D eigenvalue weighted by Crippen LogP contribution is -2.53. The molecule has 0 aromatic carbocycles. The van der Waals surface area contributed by atoms with Crippen molar-refractivity contribution in [3.63, 3.8) is 0 Å². The van der Waals surface area contributed by atoms with Crippen LogP contribution in [-0.4, -0.2) is 57.3 Å². The topological polar surface area (TPSA) is 110 Å². The zero-order chi connectivity index (χ0) is 51.6. The largest absolute Gasteiger partial charge is 0.394 e. The number of unbranched alkanes of at least 4 members (excludes halogenated alkanes) is 44. The number of nitrogens with one attached hydrogen (secondary N) is 1. The Morgan fingerprint density at radius 1 is 0.338 bits per heavy atom. The SMILES string of the molecule is CCCCCCCCCCCC/C=C/CC/C=C/CC/C=C/CCCC(O)C(O)C(CO)NC(=O)C(O)CCCCCCCCCCCCCCCCCCCCCCCCCCCCCCCCCC. The lowest BCUT2D eigenvalue weighted by Gasteiger charge is -2.27. The molecule has 0 bridgehead atoms. The second-order valence-corrected chi connectivity index (χ2v) is 22.1. The highest BCUT2D eigenvalue weighted by atomic mass is 16.3. The second kappa shape index (κ2) is 59.4. The zero-order valence-corrected chi connectivity index (χ0v) is 47.7. The Morgan fingerprint density at radius 2 is 0.592 bits per heavy atom. The fourth-order valence-electron chi connectivity index (χ4n) is 10.1. The van der Waals surface area contributed by atoms with Gasteiger partial charge in [0.1, 0.15) is 12.2 Å². The average Bonchev–Trinajstić information content (AvgIpc) is 3.38. The number of aliphatic hydroxyl groups is 4. The minimum absolute atomic E-state index is 0.362. The van der Waals surface area contributed by atoms with Gasteiger partial charge >= 0.3 is 0 Å². The quantitative estimate of drug-likeness (QED) is 0.0308. The number of hydrogen-bond acceptors (Lipinski definition) is 5. The number of hydrogen-bond donors (Lipinski definition) is 5. The molecule has 0 saturated heterocycles. The zero-order valence-electron chi connectivity index (χ0n) is 47.7. The van der Waals surface area contributed by atoms with E-state index >= 15 is 0 Å². The first-order chi connectivity index (χ1) is 35.0. The van der Waals surface area contributed by atoms with Gasteiger partial charge in [-0.2, -0.15) is 0 Å². The number of rotatable bonds is 59. The Labute approximate surface area is 443 Å².